The Hall–Kier alpha value is -0.0200. The summed E-state index contributed by atoms with van der Waals surface area (Å²) >= 11 is 15.5. The third-order valence-corrected chi connectivity index (χ3v) is 4.33. The Labute approximate surface area is 108 Å². The van der Waals surface area contributed by atoms with Crippen LogP contribution in [0.15, 0.2) is 22.7 Å². The third kappa shape index (κ3) is 2.56. The molecule has 0 saturated heterocycles. The molecule has 0 fully saturated rings. The molecule has 0 atom stereocenters. The number of halogens is 3. The third-order valence-electron chi connectivity index (χ3n) is 2.42. The van der Waals surface area contributed by atoms with Crippen molar-refractivity contribution in [3.05, 3.63) is 38.3 Å². The highest BCUT2D eigenvalue weighted by molar-refractivity contribution is 9.10. The lowest BCUT2D eigenvalue weighted by atomic mass is 10.0. The van der Waals surface area contributed by atoms with Crippen molar-refractivity contribution in [2.45, 2.75) is 6.42 Å². The molecule has 1 heterocycles. The second-order valence-electron chi connectivity index (χ2n) is 3.44. The lowest BCUT2D eigenvalue weighted by Gasteiger charge is -2.15. The molecule has 1 nitrogen and oxygen atoms in total. The molecule has 0 unspecified atom stereocenters. The van der Waals surface area contributed by atoms with Crippen molar-refractivity contribution in [1.29, 1.82) is 0 Å². The van der Waals surface area contributed by atoms with Crippen LogP contribution in [-0.4, -0.2) is 13.1 Å². The second kappa shape index (κ2) is 4.88. The Bertz CT molecular complexity index is 392. The van der Waals surface area contributed by atoms with Gasteiger partial charge in [-0.25, -0.2) is 0 Å². The van der Waals surface area contributed by atoms with Gasteiger partial charge in [-0.3, -0.25) is 0 Å². The topological polar surface area (TPSA) is 12.0 Å². The highest BCUT2D eigenvalue weighted by Gasteiger charge is 2.10. The Morgan fingerprint density at radius 3 is 2.40 bits per heavy atom. The predicted molar refractivity (Wildman–Crippen MR) is 69.6 cm³/mol. The molecule has 1 N–H and O–H groups in total. The second-order valence-corrected chi connectivity index (χ2v) is 5.04. The molecule has 15 heavy (non-hydrogen) atoms. The molecule has 0 radical (unpaired) electrons. The molecule has 4 heteroatoms. The van der Waals surface area contributed by atoms with Gasteiger partial charge in [-0.2, -0.15) is 0 Å². The van der Waals surface area contributed by atoms with Gasteiger partial charge in [0, 0.05) is 6.54 Å². The molecule has 0 bridgehead atoms. The first-order valence-electron chi connectivity index (χ1n) is 4.73. The van der Waals surface area contributed by atoms with Crippen LogP contribution in [0.25, 0.3) is 5.57 Å². The smallest absolute Gasteiger partial charge is 0.0569 e. The van der Waals surface area contributed by atoms with Crippen LogP contribution in [0.1, 0.15) is 12.0 Å². The monoisotopic (exact) mass is 305 g/mol. The predicted octanol–water partition coefficient (Wildman–Crippen LogP) is 4.13. The van der Waals surface area contributed by atoms with E-state index in [-0.39, 0.29) is 0 Å². The van der Waals surface area contributed by atoms with Crippen LogP contribution >= 0.6 is 39.1 Å². The molecule has 0 aromatic heterocycles. The van der Waals surface area contributed by atoms with Crippen LogP contribution in [0.4, 0.5) is 0 Å². The maximum atomic E-state index is 6.06. The van der Waals surface area contributed by atoms with Crippen LogP contribution < -0.4 is 5.32 Å². The minimum absolute atomic E-state index is 0.664. The maximum absolute atomic E-state index is 6.06. The summed E-state index contributed by atoms with van der Waals surface area (Å²) in [4.78, 5) is 0. The van der Waals surface area contributed by atoms with E-state index in [2.05, 4.69) is 27.3 Å². The molecule has 1 aliphatic heterocycles. The van der Waals surface area contributed by atoms with Gasteiger partial charge in [0.05, 0.1) is 14.5 Å². The molecular formula is C11H10BrCl2N. The van der Waals surface area contributed by atoms with Crippen molar-refractivity contribution < 1.29 is 0 Å². The van der Waals surface area contributed by atoms with E-state index in [9.17, 15) is 0 Å². The lowest BCUT2D eigenvalue weighted by molar-refractivity contribution is 0.738. The lowest BCUT2D eigenvalue weighted by Crippen LogP contribution is -2.20. The zero-order chi connectivity index (χ0) is 10.8. The van der Waals surface area contributed by atoms with Gasteiger partial charge in [-0.05, 0) is 52.2 Å². The van der Waals surface area contributed by atoms with Gasteiger partial charge in [0.25, 0.3) is 0 Å². The van der Waals surface area contributed by atoms with Gasteiger partial charge in [-0.15, -0.1) is 0 Å². The molecule has 0 spiro atoms. The van der Waals surface area contributed by atoms with E-state index >= 15 is 0 Å². The van der Waals surface area contributed by atoms with Crippen molar-refractivity contribution in [2.24, 2.45) is 0 Å². The average molecular weight is 307 g/mol. The van der Waals surface area contributed by atoms with Crippen molar-refractivity contribution in [3.63, 3.8) is 0 Å². The van der Waals surface area contributed by atoms with Crippen LogP contribution in [0.5, 0.6) is 0 Å². The minimum atomic E-state index is 0.664. The number of hydrogen-bond donors (Lipinski definition) is 1. The number of hydrogen-bond acceptors (Lipinski definition) is 1. The Kier molecular flexibility index (Phi) is 3.73. The molecule has 0 amide bonds. The first-order chi connectivity index (χ1) is 7.18. The zero-order valence-electron chi connectivity index (χ0n) is 7.99. The SMILES string of the molecule is Clc1cc(C2=CCNCC2)cc(Cl)c1Br. The van der Waals surface area contributed by atoms with Gasteiger partial charge in [0.1, 0.15) is 0 Å². The number of benzene rings is 1. The molecule has 1 aromatic carbocycles. The summed E-state index contributed by atoms with van der Waals surface area (Å²) in [6, 6.07) is 3.91. The van der Waals surface area contributed by atoms with E-state index in [1.54, 1.807) is 0 Å². The summed E-state index contributed by atoms with van der Waals surface area (Å²) in [5.41, 5.74) is 2.43. The summed E-state index contributed by atoms with van der Waals surface area (Å²) in [6.45, 7) is 1.93. The fraction of sp³-hybridized carbons (Fsp3) is 0.273. The van der Waals surface area contributed by atoms with Crippen molar-refractivity contribution in [2.75, 3.05) is 13.1 Å². The largest absolute Gasteiger partial charge is 0.313 e. The first-order valence-corrected chi connectivity index (χ1v) is 6.28. The van der Waals surface area contributed by atoms with Crippen LogP contribution in [0.2, 0.25) is 10.0 Å². The summed E-state index contributed by atoms with van der Waals surface area (Å²) in [5, 5.41) is 4.60. The molecule has 1 aromatic rings. The fourth-order valence-electron chi connectivity index (χ4n) is 1.63. The Morgan fingerprint density at radius 2 is 1.87 bits per heavy atom. The van der Waals surface area contributed by atoms with E-state index in [1.165, 1.54) is 5.57 Å². The Balaban J connectivity index is 2.40. The fourth-order valence-corrected chi connectivity index (χ4v) is 2.34. The zero-order valence-corrected chi connectivity index (χ0v) is 11.1. The summed E-state index contributed by atoms with van der Waals surface area (Å²) in [6.07, 6.45) is 3.20. The van der Waals surface area contributed by atoms with E-state index in [0.29, 0.717) is 10.0 Å². The minimum Gasteiger partial charge on any atom is -0.313 e. The average Bonchev–Trinajstić information content (AvgIpc) is 2.26. The van der Waals surface area contributed by atoms with E-state index in [1.807, 2.05) is 12.1 Å². The summed E-state index contributed by atoms with van der Waals surface area (Å²) < 4.78 is 0.768. The standard InChI is InChI=1S/C11H10BrCl2N/c12-11-9(13)5-8(6-10(11)14)7-1-3-15-4-2-7/h1,5-6,15H,2-4H2. The van der Waals surface area contributed by atoms with E-state index in [4.69, 9.17) is 23.2 Å². The molecule has 0 aliphatic carbocycles. The maximum Gasteiger partial charge on any atom is 0.0569 e. The quantitative estimate of drug-likeness (QED) is 0.769. The van der Waals surface area contributed by atoms with Crippen molar-refractivity contribution in [3.8, 4) is 0 Å². The highest BCUT2D eigenvalue weighted by Crippen LogP contribution is 2.34. The van der Waals surface area contributed by atoms with E-state index in [0.717, 1.165) is 29.5 Å². The van der Waals surface area contributed by atoms with Gasteiger partial charge in [0.2, 0.25) is 0 Å². The Morgan fingerprint density at radius 1 is 1.20 bits per heavy atom. The van der Waals surface area contributed by atoms with Crippen LogP contribution in [0, 0.1) is 0 Å². The van der Waals surface area contributed by atoms with Gasteiger partial charge in [-0.1, -0.05) is 29.3 Å². The first kappa shape index (κ1) is 11.5. The number of rotatable bonds is 1. The molecule has 1 aliphatic rings. The van der Waals surface area contributed by atoms with Gasteiger partial charge >= 0.3 is 0 Å². The van der Waals surface area contributed by atoms with Crippen LogP contribution in [-0.2, 0) is 0 Å². The van der Waals surface area contributed by atoms with Crippen molar-refractivity contribution in [1.82, 2.24) is 5.32 Å². The molecule has 80 valence electrons. The summed E-state index contributed by atoms with van der Waals surface area (Å²) in [7, 11) is 0. The van der Waals surface area contributed by atoms with Gasteiger partial charge < -0.3 is 5.32 Å². The molecule has 2 rings (SSSR count). The highest BCUT2D eigenvalue weighted by atomic mass is 79.9. The number of nitrogens with one attached hydrogen (secondary N) is 1. The van der Waals surface area contributed by atoms with Crippen LogP contribution in [0.3, 0.4) is 0 Å². The summed E-state index contributed by atoms with van der Waals surface area (Å²) in [5.74, 6) is 0. The van der Waals surface area contributed by atoms with E-state index < -0.39 is 0 Å². The van der Waals surface area contributed by atoms with Gasteiger partial charge in [0.15, 0.2) is 0 Å². The normalized spacial score (nSPS) is 16.3. The molecular weight excluding hydrogens is 297 g/mol. The van der Waals surface area contributed by atoms with Crippen molar-refractivity contribution >= 4 is 44.7 Å². The molecule has 0 saturated carbocycles.